The van der Waals surface area contributed by atoms with Gasteiger partial charge >= 0.3 is 0 Å². The highest BCUT2D eigenvalue weighted by atomic mass is 35.5. The van der Waals surface area contributed by atoms with Crippen molar-refractivity contribution >= 4 is 28.8 Å². The Morgan fingerprint density at radius 3 is 2.67 bits per heavy atom. The summed E-state index contributed by atoms with van der Waals surface area (Å²) < 4.78 is 7.34. The number of hydrogen-bond donors (Lipinski definition) is 1. The zero-order chi connectivity index (χ0) is 24.8. The third-order valence-corrected chi connectivity index (χ3v) is 7.24. The van der Waals surface area contributed by atoms with Crippen molar-refractivity contribution in [3.8, 4) is 22.9 Å². The third-order valence-electron chi connectivity index (χ3n) is 7.01. The van der Waals surface area contributed by atoms with Crippen LogP contribution in [0.15, 0.2) is 48.9 Å². The number of hydrogen-bond acceptors (Lipinski definition) is 8. The first-order chi connectivity index (χ1) is 17.5. The highest BCUT2D eigenvalue weighted by Gasteiger charge is 2.44. The summed E-state index contributed by atoms with van der Waals surface area (Å²) in [4.78, 5) is 14.1. The molecular formula is C26H25ClN8O. The van der Waals surface area contributed by atoms with E-state index in [-0.39, 0.29) is 5.82 Å². The number of piperazine rings is 1. The van der Waals surface area contributed by atoms with Crippen LogP contribution in [0.5, 0.6) is 5.75 Å². The van der Waals surface area contributed by atoms with E-state index < -0.39 is 0 Å². The van der Waals surface area contributed by atoms with Crippen LogP contribution in [0.2, 0.25) is 5.02 Å². The average molecular weight is 501 g/mol. The number of fused-ring (bicyclic) bond motifs is 3. The molecule has 182 valence electrons. The van der Waals surface area contributed by atoms with Crippen LogP contribution in [-0.4, -0.2) is 56.3 Å². The van der Waals surface area contributed by atoms with Crippen molar-refractivity contribution in [3.05, 3.63) is 65.2 Å². The summed E-state index contributed by atoms with van der Waals surface area (Å²) in [5.41, 5.74) is 9.74. The molecule has 36 heavy (non-hydrogen) atoms. The Bertz CT molecular complexity index is 1450. The quantitative estimate of drug-likeness (QED) is 0.426. The van der Waals surface area contributed by atoms with E-state index in [0.29, 0.717) is 40.5 Å². The van der Waals surface area contributed by atoms with Crippen LogP contribution in [0.4, 0.5) is 11.6 Å². The van der Waals surface area contributed by atoms with E-state index in [4.69, 9.17) is 27.1 Å². The summed E-state index contributed by atoms with van der Waals surface area (Å²) in [5.74, 6) is 1.80. The van der Waals surface area contributed by atoms with E-state index in [1.807, 2.05) is 43.5 Å². The van der Waals surface area contributed by atoms with Gasteiger partial charge < -0.3 is 15.4 Å². The maximum atomic E-state index is 9.67. The van der Waals surface area contributed by atoms with Crippen LogP contribution in [0.25, 0.3) is 16.6 Å². The minimum absolute atomic E-state index is 0.197. The largest absolute Gasteiger partial charge is 0.492 e. The van der Waals surface area contributed by atoms with Crippen molar-refractivity contribution in [1.82, 2.24) is 24.5 Å². The maximum Gasteiger partial charge on any atom is 0.164 e. The molecule has 3 aliphatic rings. The molecule has 9 nitrogen and oxygen atoms in total. The zero-order valence-electron chi connectivity index (χ0n) is 19.8. The van der Waals surface area contributed by atoms with Gasteiger partial charge in [-0.3, -0.25) is 9.88 Å². The highest BCUT2D eigenvalue weighted by Crippen LogP contribution is 2.37. The SMILES string of the molecule is CCOc1cc(-c2ccc(N3CC4CC(C3)N4Cc3ccc(Cl)cn3)nc2)c2c(C#N)c(N)nn2c1. The molecule has 0 aliphatic carbocycles. The summed E-state index contributed by atoms with van der Waals surface area (Å²) in [6.45, 7) is 5.14. The number of ether oxygens (including phenoxy) is 1. The lowest BCUT2D eigenvalue weighted by atomic mass is 9.87. The number of piperidine rings is 1. The molecule has 7 rings (SSSR count). The smallest absolute Gasteiger partial charge is 0.164 e. The van der Waals surface area contributed by atoms with Gasteiger partial charge in [-0.15, -0.1) is 5.10 Å². The minimum Gasteiger partial charge on any atom is -0.492 e. The first kappa shape index (κ1) is 22.6. The number of anilines is 2. The van der Waals surface area contributed by atoms with Gasteiger partial charge in [-0.1, -0.05) is 11.6 Å². The monoisotopic (exact) mass is 500 g/mol. The number of nitrogens with two attached hydrogens (primary N) is 1. The molecule has 2 unspecified atom stereocenters. The van der Waals surface area contributed by atoms with Crippen molar-refractivity contribution in [1.29, 1.82) is 5.26 Å². The van der Waals surface area contributed by atoms with Crippen molar-refractivity contribution < 1.29 is 4.74 Å². The van der Waals surface area contributed by atoms with E-state index in [1.54, 1.807) is 16.9 Å². The Balaban J connectivity index is 1.23. The molecule has 4 aromatic rings. The number of nitrogen functional groups attached to an aromatic ring is 1. The molecule has 0 radical (unpaired) electrons. The predicted octanol–water partition coefficient (Wildman–Crippen LogP) is 3.76. The lowest BCUT2D eigenvalue weighted by molar-refractivity contribution is -0.00967. The molecule has 3 saturated heterocycles. The molecule has 2 N–H and O–H groups in total. The van der Waals surface area contributed by atoms with Crippen LogP contribution < -0.4 is 15.4 Å². The molecule has 10 heteroatoms. The van der Waals surface area contributed by atoms with Gasteiger partial charge in [0.2, 0.25) is 0 Å². The second kappa shape index (κ2) is 8.97. The Morgan fingerprint density at radius 1 is 1.17 bits per heavy atom. The summed E-state index contributed by atoms with van der Waals surface area (Å²) >= 11 is 5.98. The molecule has 2 atom stereocenters. The van der Waals surface area contributed by atoms with Gasteiger partial charge in [-0.05, 0) is 43.7 Å². The Labute approximate surface area is 213 Å². The fourth-order valence-electron chi connectivity index (χ4n) is 5.30. The number of nitrogens with zero attached hydrogens (tertiary/aromatic N) is 7. The molecule has 0 amide bonds. The van der Waals surface area contributed by atoms with E-state index in [9.17, 15) is 5.26 Å². The standard InChI is InChI=1S/C26H25ClN8O/c1-2-36-21-8-22(25-23(9-28)26(29)32-35(25)15-21)16-3-6-24(31-10-16)33-13-19-7-20(14-33)34(19)12-18-5-4-17(27)11-30-18/h3-6,8,10-11,15,19-20H,2,7,12-14H2,1H3,(H2,29,32). The van der Waals surface area contributed by atoms with Crippen LogP contribution in [0.1, 0.15) is 24.6 Å². The lowest BCUT2D eigenvalue weighted by Gasteiger charge is -2.56. The molecule has 3 aliphatic heterocycles. The van der Waals surface area contributed by atoms with E-state index in [0.717, 1.165) is 42.3 Å². The topological polar surface area (TPSA) is 109 Å². The maximum absolute atomic E-state index is 9.67. The van der Waals surface area contributed by atoms with Crippen LogP contribution in [-0.2, 0) is 6.54 Å². The molecule has 3 fully saturated rings. The molecule has 7 heterocycles. The normalized spacial score (nSPS) is 19.2. The van der Waals surface area contributed by atoms with Gasteiger partial charge in [0.1, 0.15) is 23.2 Å². The molecule has 4 aromatic heterocycles. The number of halogens is 1. The van der Waals surface area contributed by atoms with Gasteiger partial charge in [0, 0.05) is 55.2 Å². The van der Waals surface area contributed by atoms with Crippen LogP contribution in [0, 0.1) is 11.3 Å². The first-order valence-corrected chi connectivity index (χ1v) is 12.3. The van der Waals surface area contributed by atoms with E-state index in [2.05, 4.69) is 26.0 Å². The summed E-state index contributed by atoms with van der Waals surface area (Å²) in [6.07, 6.45) is 6.50. The number of aromatic nitrogens is 4. The second-order valence-corrected chi connectivity index (χ2v) is 9.62. The van der Waals surface area contributed by atoms with Gasteiger partial charge in [0.15, 0.2) is 5.82 Å². The summed E-state index contributed by atoms with van der Waals surface area (Å²) in [7, 11) is 0. The minimum atomic E-state index is 0.197. The predicted molar refractivity (Wildman–Crippen MR) is 138 cm³/mol. The number of nitriles is 1. The molecule has 0 aromatic carbocycles. The van der Waals surface area contributed by atoms with Gasteiger partial charge in [0.05, 0.1) is 29.0 Å². The van der Waals surface area contributed by atoms with Crippen molar-refractivity contribution in [2.24, 2.45) is 0 Å². The van der Waals surface area contributed by atoms with E-state index >= 15 is 0 Å². The molecule has 0 spiro atoms. The van der Waals surface area contributed by atoms with Crippen LogP contribution in [0.3, 0.4) is 0 Å². The Kier molecular flexibility index (Phi) is 5.63. The summed E-state index contributed by atoms with van der Waals surface area (Å²) in [6, 6.07) is 13.0. The average Bonchev–Trinajstić information content (AvgIpc) is 3.22. The van der Waals surface area contributed by atoms with Crippen LogP contribution >= 0.6 is 11.6 Å². The fraction of sp³-hybridized carbons (Fsp3) is 0.308. The van der Waals surface area contributed by atoms with Crippen molar-refractivity contribution in [2.45, 2.75) is 32.0 Å². The molecular weight excluding hydrogens is 476 g/mol. The Morgan fingerprint density at radius 2 is 2.00 bits per heavy atom. The van der Waals surface area contributed by atoms with Crippen molar-refractivity contribution in [2.75, 3.05) is 30.3 Å². The summed E-state index contributed by atoms with van der Waals surface area (Å²) in [5, 5.41) is 14.6. The van der Waals surface area contributed by atoms with Gasteiger partial charge in [-0.25, -0.2) is 9.50 Å². The van der Waals surface area contributed by atoms with Crippen molar-refractivity contribution in [3.63, 3.8) is 0 Å². The third kappa shape index (κ3) is 3.88. The Hall–Kier alpha value is -3.87. The van der Waals surface area contributed by atoms with Gasteiger partial charge in [-0.2, -0.15) is 5.26 Å². The van der Waals surface area contributed by atoms with Gasteiger partial charge in [0.25, 0.3) is 0 Å². The fourth-order valence-corrected chi connectivity index (χ4v) is 5.41. The lowest BCUT2D eigenvalue weighted by Crippen LogP contribution is -2.68. The highest BCUT2D eigenvalue weighted by molar-refractivity contribution is 6.30. The first-order valence-electron chi connectivity index (χ1n) is 12.0. The molecule has 0 saturated carbocycles. The second-order valence-electron chi connectivity index (χ2n) is 9.18. The molecule has 2 bridgehead atoms. The zero-order valence-corrected chi connectivity index (χ0v) is 20.6. The van der Waals surface area contributed by atoms with E-state index in [1.165, 1.54) is 6.42 Å². The number of rotatable bonds is 6. The number of pyridine rings is 3.